The van der Waals surface area contributed by atoms with E-state index in [1.165, 1.54) is 11.0 Å². The van der Waals surface area contributed by atoms with Crippen molar-refractivity contribution in [2.24, 2.45) is 0 Å². The van der Waals surface area contributed by atoms with Crippen molar-refractivity contribution in [2.45, 2.75) is 0 Å². The largest absolute Gasteiger partial charge is 0.288 e. The molecular weight excluding hydrogens is 302 g/mol. The molecule has 0 bridgehead atoms. The summed E-state index contributed by atoms with van der Waals surface area (Å²) in [6, 6.07) is 14.5. The van der Waals surface area contributed by atoms with E-state index in [1.807, 2.05) is 30.3 Å². The van der Waals surface area contributed by atoms with E-state index in [2.05, 4.69) is 15.5 Å². The second-order valence-electron chi connectivity index (χ2n) is 4.75. The van der Waals surface area contributed by atoms with Gasteiger partial charge in [-0.1, -0.05) is 29.8 Å². The van der Waals surface area contributed by atoms with Gasteiger partial charge in [-0.05, 0) is 30.3 Å². The van der Waals surface area contributed by atoms with Crippen LogP contribution in [0.2, 0.25) is 5.02 Å². The molecule has 0 aliphatic heterocycles. The molecule has 4 aromatic rings. The third kappa shape index (κ3) is 1.93. The molecular formula is C15H10ClN5O. The van der Waals surface area contributed by atoms with Crippen LogP contribution in [-0.4, -0.2) is 19.3 Å². The van der Waals surface area contributed by atoms with Crippen LogP contribution in [0, 0.1) is 0 Å². The molecule has 0 spiro atoms. The SMILES string of the molecule is O=c1c2cc(Cl)ccc2n2ncnc2n1Nc1ccccc1. The smallest absolute Gasteiger partial charge is 0.281 e. The molecule has 0 saturated carbocycles. The van der Waals surface area contributed by atoms with Crippen molar-refractivity contribution >= 4 is 34.0 Å². The van der Waals surface area contributed by atoms with Gasteiger partial charge in [0.05, 0.1) is 16.6 Å². The topological polar surface area (TPSA) is 64.2 Å². The molecule has 4 rings (SSSR count). The first-order valence-corrected chi connectivity index (χ1v) is 6.98. The first-order valence-electron chi connectivity index (χ1n) is 6.60. The predicted molar refractivity (Wildman–Crippen MR) is 85.2 cm³/mol. The molecule has 6 nitrogen and oxygen atoms in total. The molecule has 0 fully saturated rings. The lowest BCUT2D eigenvalue weighted by atomic mass is 10.2. The fourth-order valence-corrected chi connectivity index (χ4v) is 2.55. The van der Waals surface area contributed by atoms with Gasteiger partial charge in [0.2, 0.25) is 0 Å². The minimum Gasteiger partial charge on any atom is -0.288 e. The monoisotopic (exact) mass is 311 g/mol. The second kappa shape index (κ2) is 4.85. The highest BCUT2D eigenvalue weighted by Crippen LogP contribution is 2.17. The minimum absolute atomic E-state index is 0.234. The average molecular weight is 312 g/mol. The number of fused-ring (bicyclic) bond motifs is 3. The highest BCUT2D eigenvalue weighted by atomic mass is 35.5. The normalized spacial score (nSPS) is 11.1. The summed E-state index contributed by atoms with van der Waals surface area (Å²) in [4.78, 5) is 16.9. The molecule has 2 aromatic carbocycles. The van der Waals surface area contributed by atoms with Crippen molar-refractivity contribution in [2.75, 3.05) is 5.43 Å². The Labute approximate surface area is 129 Å². The summed E-state index contributed by atoms with van der Waals surface area (Å²) < 4.78 is 2.96. The van der Waals surface area contributed by atoms with Gasteiger partial charge >= 0.3 is 0 Å². The summed E-state index contributed by atoms with van der Waals surface area (Å²) in [7, 11) is 0. The zero-order chi connectivity index (χ0) is 15.1. The van der Waals surface area contributed by atoms with Crippen LogP contribution in [0.15, 0.2) is 59.7 Å². The number of aromatic nitrogens is 4. The van der Waals surface area contributed by atoms with Gasteiger partial charge in [0.1, 0.15) is 6.33 Å². The van der Waals surface area contributed by atoms with Crippen molar-refractivity contribution in [1.82, 2.24) is 19.3 Å². The number of hydrogen-bond donors (Lipinski definition) is 1. The van der Waals surface area contributed by atoms with Gasteiger partial charge < -0.3 is 0 Å². The maximum absolute atomic E-state index is 12.8. The third-order valence-electron chi connectivity index (χ3n) is 3.36. The summed E-state index contributed by atoms with van der Waals surface area (Å²) in [6.07, 6.45) is 1.41. The van der Waals surface area contributed by atoms with Gasteiger partial charge in [-0.3, -0.25) is 10.2 Å². The van der Waals surface area contributed by atoms with Gasteiger partial charge in [0.15, 0.2) is 0 Å². The zero-order valence-electron chi connectivity index (χ0n) is 11.3. The minimum atomic E-state index is -0.234. The average Bonchev–Trinajstić information content (AvgIpc) is 3.02. The van der Waals surface area contributed by atoms with Gasteiger partial charge in [-0.25, -0.2) is 0 Å². The molecule has 7 heteroatoms. The zero-order valence-corrected chi connectivity index (χ0v) is 12.0. The molecule has 108 valence electrons. The van der Waals surface area contributed by atoms with E-state index in [0.29, 0.717) is 21.7 Å². The Morgan fingerprint density at radius 2 is 1.91 bits per heavy atom. The molecule has 0 amide bonds. The maximum Gasteiger partial charge on any atom is 0.281 e. The van der Waals surface area contributed by atoms with Crippen molar-refractivity contribution in [3.05, 3.63) is 70.2 Å². The van der Waals surface area contributed by atoms with Crippen molar-refractivity contribution in [1.29, 1.82) is 0 Å². The van der Waals surface area contributed by atoms with Crippen LogP contribution in [-0.2, 0) is 0 Å². The van der Waals surface area contributed by atoms with E-state index >= 15 is 0 Å². The number of halogens is 1. The lowest BCUT2D eigenvalue weighted by Crippen LogP contribution is -2.29. The molecule has 2 aromatic heterocycles. The molecule has 22 heavy (non-hydrogen) atoms. The summed E-state index contributed by atoms with van der Waals surface area (Å²) in [5.41, 5.74) is 4.25. The molecule has 0 aliphatic rings. The Kier molecular flexibility index (Phi) is 2.83. The summed E-state index contributed by atoms with van der Waals surface area (Å²) in [5.74, 6) is 0.406. The van der Waals surface area contributed by atoms with Crippen LogP contribution in [0.1, 0.15) is 0 Å². The molecule has 0 saturated heterocycles. The summed E-state index contributed by atoms with van der Waals surface area (Å²) >= 11 is 6.01. The van der Waals surface area contributed by atoms with Crippen molar-refractivity contribution < 1.29 is 0 Å². The highest BCUT2D eigenvalue weighted by Gasteiger charge is 2.13. The predicted octanol–water partition coefficient (Wildman–Crippen LogP) is 2.57. The van der Waals surface area contributed by atoms with Gasteiger partial charge in [0, 0.05) is 5.02 Å². The number of para-hydroxylation sites is 1. The van der Waals surface area contributed by atoms with Crippen LogP contribution in [0.3, 0.4) is 0 Å². The first kappa shape index (κ1) is 12.8. The lowest BCUT2D eigenvalue weighted by molar-refractivity contribution is 0.868. The van der Waals surface area contributed by atoms with Crippen molar-refractivity contribution in [3.63, 3.8) is 0 Å². The fourth-order valence-electron chi connectivity index (χ4n) is 2.38. The van der Waals surface area contributed by atoms with Crippen molar-refractivity contribution in [3.8, 4) is 0 Å². The van der Waals surface area contributed by atoms with Crippen LogP contribution >= 0.6 is 11.6 Å². The van der Waals surface area contributed by atoms with E-state index in [9.17, 15) is 4.79 Å². The first-order chi connectivity index (χ1) is 10.7. The molecule has 0 radical (unpaired) electrons. The van der Waals surface area contributed by atoms with E-state index in [4.69, 9.17) is 11.6 Å². The van der Waals surface area contributed by atoms with Gasteiger partial charge in [-0.2, -0.15) is 19.3 Å². The van der Waals surface area contributed by atoms with Crippen LogP contribution in [0.25, 0.3) is 16.7 Å². The lowest BCUT2D eigenvalue weighted by Gasteiger charge is -2.12. The summed E-state index contributed by atoms with van der Waals surface area (Å²) in [6.45, 7) is 0. The number of nitrogens with one attached hydrogen (secondary N) is 1. The molecule has 2 heterocycles. The molecule has 0 atom stereocenters. The fraction of sp³-hybridized carbons (Fsp3) is 0. The standard InChI is InChI=1S/C15H10ClN5O/c16-10-6-7-13-12(8-10)14(22)21(15-17-9-18-20(13)15)19-11-4-2-1-3-5-11/h1-9,19H. The number of hydrogen-bond acceptors (Lipinski definition) is 4. The number of benzene rings is 2. The number of rotatable bonds is 2. The Bertz CT molecular complexity index is 1040. The Balaban J connectivity index is 2.05. The number of anilines is 1. The van der Waals surface area contributed by atoms with E-state index in [0.717, 1.165) is 5.69 Å². The maximum atomic E-state index is 12.8. The molecule has 1 N–H and O–H groups in total. The van der Waals surface area contributed by atoms with Crippen LogP contribution < -0.4 is 11.0 Å². The molecule has 0 aliphatic carbocycles. The Morgan fingerprint density at radius 3 is 2.73 bits per heavy atom. The van der Waals surface area contributed by atoms with Crippen LogP contribution in [0.5, 0.6) is 0 Å². The second-order valence-corrected chi connectivity index (χ2v) is 5.19. The Morgan fingerprint density at radius 1 is 1.09 bits per heavy atom. The quantitative estimate of drug-likeness (QED) is 0.618. The third-order valence-corrected chi connectivity index (χ3v) is 3.60. The van der Waals surface area contributed by atoms with Gasteiger partial charge in [0.25, 0.3) is 11.3 Å². The Hall–Kier alpha value is -2.86. The summed E-state index contributed by atoms with van der Waals surface area (Å²) in [5, 5.41) is 5.14. The molecule has 0 unspecified atom stereocenters. The van der Waals surface area contributed by atoms with Crippen LogP contribution in [0.4, 0.5) is 5.69 Å². The highest BCUT2D eigenvalue weighted by molar-refractivity contribution is 6.31. The van der Waals surface area contributed by atoms with E-state index in [-0.39, 0.29) is 5.56 Å². The number of nitrogens with zero attached hydrogens (tertiary/aromatic N) is 4. The van der Waals surface area contributed by atoms with Gasteiger partial charge in [-0.15, -0.1) is 0 Å². The van der Waals surface area contributed by atoms with E-state index in [1.54, 1.807) is 22.7 Å². The van der Waals surface area contributed by atoms with E-state index < -0.39 is 0 Å².